The van der Waals surface area contributed by atoms with Crippen LogP contribution < -0.4 is 4.90 Å². The lowest BCUT2D eigenvalue weighted by atomic mass is 9.94. The van der Waals surface area contributed by atoms with Crippen molar-refractivity contribution in [2.75, 3.05) is 4.90 Å². The van der Waals surface area contributed by atoms with E-state index in [2.05, 4.69) is 0 Å². The van der Waals surface area contributed by atoms with Crippen LogP contribution in [-0.2, 0) is 9.59 Å². The van der Waals surface area contributed by atoms with Crippen molar-refractivity contribution in [3.63, 3.8) is 0 Å². The van der Waals surface area contributed by atoms with Crippen molar-refractivity contribution in [3.05, 3.63) is 101 Å². The Bertz CT molecular complexity index is 1170. The van der Waals surface area contributed by atoms with Crippen molar-refractivity contribution in [1.29, 1.82) is 0 Å². The predicted molar refractivity (Wildman–Crippen MR) is 110 cm³/mol. The summed E-state index contributed by atoms with van der Waals surface area (Å²) in [4.78, 5) is 27.0. The molecule has 1 atom stereocenters. The number of Topliss-reactive ketones (excluding diaryl/α,β-unsaturated/α-hetero) is 1. The molecule has 0 aliphatic carbocycles. The number of phenolic OH excluding ortho intramolecular Hbond substituents is 1. The molecule has 1 fully saturated rings. The zero-order chi connectivity index (χ0) is 21.4. The van der Waals surface area contributed by atoms with E-state index in [9.17, 15) is 24.2 Å². The third-order valence-corrected chi connectivity index (χ3v) is 5.10. The largest absolute Gasteiger partial charge is 0.508 e. The highest BCUT2D eigenvalue weighted by molar-refractivity contribution is 6.51. The summed E-state index contributed by atoms with van der Waals surface area (Å²) in [6.45, 7) is 1.88. The van der Waals surface area contributed by atoms with E-state index in [0.717, 1.165) is 10.5 Å². The zero-order valence-corrected chi connectivity index (χ0v) is 16.0. The van der Waals surface area contributed by atoms with Crippen LogP contribution in [0.25, 0.3) is 5.76 Å². The molecule has 1 amide bonds. The second kappa shape index (κ2) is 7.48. The summed E-state index contributed by atoms with van der Waals surface area (Å²) in [6.07, 6.45) is 0. The van der Waals surface area contributed by atoms with Crippen LogP contribution in [0.1, 0.15) is 22.7 Å². The van der Waals surface area contributed by atoms with Gasteiger partial charge in [-0.25, -0.2) is 4.39 Å². The molecule has 1 unspecified atom stereocenters. The van der Waals surface area contributed by atoms with Crippen LogP contribution in [0.4, 0.5) is 10.1 Å². The lowest BCUT2D eigenvalue weighted by molar-refractivity contribution is -0.132. The Kier molecular flexibility index (Phi) is 4.83. The van der Waals surface area contributed by atoms with E-state index >= 15 is 0 Å². The average molecular weight is 403 g/mol. The molecule has 6 heteroatoms. The van der Waals surface area contributed by atoms with Crippen molar-refractivity contribution < 1.29 is 24.2 Å². The van der Waals surface area contributed by atoms with Gasteiger partial charge >= 0.3 is 0 Å². The zero-order valence-electron chi connectivity index (χ0n) is 16.0. The standard InChI is InChI=1S/C24H18FNO4/c1-14-6-8-15(9-7-14)22(28)20-21(18-4-2-3-5-19(18)25)26(24(30)23(20)29)16-10-12-17(27)13-11-16/h2-13,21,27-28H,1H3/b22-20+. The van der Waals surface area contributed by atoms with Gasteiger partial charge in [-0.3, -0.25) is 14.5 Å². The summed E-state index contributed by atoms with van der Waals surface area (Å²) in [7, 11) is 0. The van der Waals surface area contributed by atoms with Gasteiger partial charge in [-0.2, -0.15) is 0 Å². The van der Waals surface area contributed by atoms with Gasteiger partial charge in [-0.1, -0.05) is 48.0 Å². The number of anilines is 1. The number of carbonyl (C=O) groups excluding carboxylic acids is 2. The Balaban J connectivity index is 1.96. The molecule has 1 aliphatic rings. The number of aryl methyl sites for hydroxylation is 1. The molecule has 0 bridgehead atoms. The topological polar surface area (TPSA) is 77.8 Å². The van der Waals surface area contributed by atoms with Crippen molar-refractivity contribution in [2.45, 2.75) is 13.0 Å². The maximum atomic E-state index is 14.7. The minimum Gasteiger partial charge on any atom is -0.508 e. The SMILES string of the molecule is Cc1ccc(/C(O)=C2\C(=O)C(=O)N(c3ccc(O)cc3)C2c2ccccc2F)cc1. The molecule has 150 valence electrons. The number of hydrogen-bond donors (Lipinski definition) is 2. The normalized spacial score (nSPS) is 18.1. The highest BCUT2D eigenvalue weighted by Crippen LogP contribution is 2.43. The third kappa shape index (κ3) is 3.22. The van der Waals surface area contributed by atoms with Crippen LogP contribution >= 0.6 is 0 Å². The molecule has 30 heavy (non-hydrogen) atoms. The molecule has 0 radical (unpaired) electrons. The van der Waals surface area contributed by atoms with Gasteiger partial charge < -0.3 is 10.2 Å². The van der Waals surface area contributed by atoms with Gasteiger partial charge in [0.2, 0.25) is 0 Å². The molecule has 0 aromatic heterocycles. The van der Waals surface area contributed by atoms with Gasteiger partial charge in [0, 0.05) is 16.8 Å². The molecule has 2 N–H and O–H groups in total. The number of benzene rings is 3. The molecule has 1 heterocycles. The van der Waals surface area contributed by atoms with E-state index in [-0.39, 0.29) is 22.6 Å². The summed E-state index contributed by atoms with van der Waals surface area (Å²) in [5.74, 6) is -2.79. The fourth-order valence-electron chi connectivity index (χ4n) is 3.57. The smallest absolute Gasteiger partial charge is 0.300 e. The number of ketones is 1. The Morgan fingerprint density at radius 2 is 1.57 bits per heavy atom. The Hall–Kier alpha value is -3.93. The lowest BCUT2D eigenvalue weighted by Gasteiger charge is -2.25. The summed E-state index contributed by atoms with van der Waals surface area (Å²) < 4.78 is 14.7. The number of aliphatic hydroxyl groups excluding tert-OH is 1. The van der Waals surface area contributed by atoms with Crippen LogP contribution in [-0.4, -0.2) is 21.9 Å². The molecule has 5 nitrogen and oxygen atoms in total. The first-order valence-corrected chi connectivity index (χ1v) is 9.30. The average Bonchev–Trinajstić information content (AvgIpc) is 3.00. The van der Waals surface area contributed by atoms with Crippen LogP contribution in [0, 0.1) is 12.7 Å². The third-order valence-electron chi connectivity index (χ3n) is 5.10. The molecular weight excluding hydrogens is 385 g/mol. The molecule has 4 rings (SSSR count). The van der Waals surface area contributed by atoms with Gasteiger partial charge in [0.15, 0.2) is 0 Å². The first-order chi connectivity index (χ1) is 14.4. The number of aliphatic hydroxyl groups is 1. The van der Waals surface area contributed by atoms with E-state index in [4.69, 9.17) is 0 Å². The summed E-state index contributed by atoms with van der Waals surface area (Å²) in [5.41, 5.74) is 1.50. The second-order valence-corrected chi connectivity index (χ2v) is 7.07. The summed E-state index contributed by atoms with van der Waals surface area (Å²) >= 11 is 0. The number of phenols is 1. The van der Waals surface area contributed by atoms with Crippen molar-refractivity contribution >= 4 is 23.1 Å². The fraction of sp³-hybridized carbons (Fsp3) is 0.0833. The molecule has 0 saturated carbocycles. The van der Waals surface area contributed by atoms with Crippen molar-refractivity contribution in [2.24, 2.45) is 0 Å². The Morgan fingerprint density at radius 1 is 0.933 bits per heavy atom. The number of carbonyl (C=O) groups is 2. The minimum absolute atomic E-state index is 0.0163. The first kappa shape index (κ1) is 19.4. The van der Waals surface area contributed by atoms with Crippen molar-refractivity contribution in [3.8, 4) is 5.75 Å². The van der Waals surface area contributed by atoms with Gasteiger partial charge in [0.25, 0.3) is 11.7 Å². The van der Waals surface area contributed by atoms with Gasteiger partial charge in [-0.15, -0.1) is 0 Å². The maximum Gasteiger partial charge on any atom is 0.300 e. The molecule has 3 aromatic rings. The van der Waals surface area contributed by atoms with Gasteiger partial charge in [0.05, 0.1) is 11.6 Å². The van der Waals surface area contributed by atoms with Crippen molar-refractivity contribution in [1.82, 2.24) is 0 Å². The molecular formula is C24H18FNO4. The number of halogens is 1. The van der Waals surface area contributed by atoms with E-state index in [1.54, 1.807) is 30.3 Å². The van der Waals surface area contributed by atoms with Crippen LogP contribution in [0.2, 0.25) is 0 Å². The molecule has 3 aromatic carbocycles. The molecule has 1 aliphatic heterocycles. The van der Waals surface area contributed by atoms with E-state index < -0.39 is 23.5 Å². The Labute approximate surface area is 172 Å². The van der Waals surface area contributed by atoms with E-state index in [0.29, 0.717) is 11.3 Å². The highest BCUT2D eigenvalue weighted by atomic mass is 19.1. The predicted octanol–water partition coefficient (Wildman–Crippen LogP) is 4.47. The number of amides is 1. The fourth-order valence-corrected chi connectivity index (χ4v) is 3.57. The van der Waals surface area contributed by atoms with E-state index in [1.807, 2.05) is 6.92 Å². The summed E-state index contributed by atoms with van der Waals surface area (Å²) in [6, 6.07) is 17.1. The number of hydrogen-bond acceptors (Lipinski definition) is 4. The van der Waals surface area contributed by atoms with Crippen LogP contribution in [0.5, 0.6) is 5.75 Å². The number of aromatic hydroxyl groups is 1. The first-order valence-electron chi connectivity index (χ1n) is 9.30. The highest BCUT2D eigenvalue weighted by Gasteiger charge is 2.47. The van der Waals surface area contributed by atoms with Crippen LogP contribution in [0.3, 0.4) is 0 Å². The van der Waals surface area contributed by atoms with Crippen LogP contribution in [0.15, 0.2) is 78.4 Å². The molecule has 0 spiro atoms. The maximum absolute atomic E-state index is 14.7. The minimum atomic E-state index is -1.16. The monoisotopic (exact) mass is 403 g/mol. The lowest BCUT2D eigenvalue weighted by Crippen LogP contribution is -2.29. The Morgan fingerprint density at radius 3 is 2.20 bits per heavy atom. The summed E-state index contributed by atoms with van der Waals surface area (Å²) in [5, 5.41) is 20.5. The van der Waals surface area contributed by atoms with E-state index in [1.165, 1.54) is 42.5 Å². The van der Waals surface area contributed by atoms with Gasteiger partial charge in [0.1, 0.15) is 17.3 Å². The number of rotatable bonds is 3. The molecule has 1 saturated heterocycles. The van der Waals surface area contributed by atoms with Gasteiger partial charge in [-0.05, 0) is 37.3 Å². The quantitative estimate of drug-likeness (QED) is 0.384. The second-order valence-electron chi connectivity index (χ2n) is 7.07. The number of nitrogens with zero attached hydrogens (tertiary/aromatic N) is 1.